The SMILES string of the molecule is N#Cc1cc2ccccc2c(-c2cc(F)cc(F)c2)c1C#N. The summed E-state index contributed by atoms with van der Waals surface area (Å²) in [7, 11) is 0. The molecule has 0 atom stereocenters. The van der Waals surface area contributed by atoms with E-state index in [1.807, 2.05) is 12.1 Å². The van der Waals surface area contributed by atoms with Crippen molar-refractivity contribution in [2.45, 2.75) is 0 Å². The molecule has 4 heteroatoms. The molecule has 0 saturated carbocycles. The molecule has 0 bridgehead atoms. The third-order valence-corrected chi connectivity index (χ3v) is 3.43. The number of benzene rings is 3. The van der Waals surface area contributed by atoms with Gasteiger partial charge in [-0.3, -0.25) is 0 Å². The largest absolute Gasteiger partial charge is 0.207 e. The van der Waals surface area contributed by atoms with Gasteiger partial charge in [0.2, 0.25) is 0 Å². The Hall–Kier alpha value is -3.24. The van der Waals surface area contributed by atoms with Crippen LogP contribution in [0.25, 0.3) is 21.9 Å². The molecule has 0 N–H and O–H groups in total. The van der Waals surface area contributed by atoms with Gasteiger partial charge in [0, 0.05) is 11.6 Å². The van der Waals surface area contributed by atoms with Crippen molar-refractivity contribution in [2.24, 2.45) is 0 Å². The van der Waals surface area contributed by atoms with E-state index < -0.39 is 11.6 Å². The molecule has 0 spiro atoms. The lowest BCUT2D eigenvalue weighted by Gasteiger charge is -2.11. The zero-order chi connectivity index (χ0) is 15.7. The lowest BCUT2D eigenvalue weighted by molar-refractivity contribution is 0.584. The number of nitriles is 2. The van der Waals surface area contributed by atoms with Gasteiger partial charge in [0.25, 0.3) is 0 Å². The van der Waals surface area contributed by atoms with Crippen molar-refractivity contribution in [1.82, 2.24) is 0 Å². The van der Waals surface area contributed by atoms with Crippen LogP contribution in [0.5, 0.6) is 0 Å². The summed E-state index contributed by atoms with van der Waals surface area (Å²) in [6.45, 7) is 0. The van der Waals surface area contributed by atoms with E-state index in [4.69, 9.17) is 0 Å². The molecule has 0 radical (unpaired) electrons. The monoisotopic (exact) mass is 290 g/mol. The van der Waals surface area contributed by atoms with Gasteiger partial charge in [-0.05, 0) is 34.5 Å². The Morgan fingerprint density at radius 1 is 0.818 bits per heavy atom. The van der Waals surface area contributed by atoms with Crippen LogP contribution in [0.2, 0.25) is 0 Å². The van der Waals surface area contributed by atoms with Gasteiger partial charge in [0.1, 0.15) is 23.8 Å². The number of rotatable bonds is 1. The maximum Gasteiger partial charge on any atom is 0.126 e. The van der Waals surface area contributed by atoms with Gasteiger partial charge in [-0.25, -0.2) is 8.78 Å². The Balaban J connectivity index is 2.51. The second-order valence-corrected chi connectivity index (χ2v) is 4.78. The molecule has 3 rings (SSSR count). The van der Waals surface area contributed by atoms with Crippen LogP contribution in [0.3, 0.4) is 0 Å². The van der Waals surface area contributed by atoms with Crippen molar-refractivity contribution in [3.05, 3.63) is 71.3 Å². The van der Waals surface area contributed by atoms with E-state index in [2.05, 4.69) is 0 Å². The van der Waals surface area contributed by atoms with Crippen LogP contribution in [0.4, 0.5) is 8.78 Å². The first-order valence-electron chi connectivity index (χ1n) is 6.46. The first-order chi connectivity index (χ1) is 10.6. The van der Waals surface area contributed by atoms with Crippen LogP contribution in [0, 0.1) is 34.3 Å². The average molecular weight is 290 g/mol. The Morgan fingerprint density at radius 3 is 2.14 bits per heavy atom. The smallest absolute Gasteiger partial charge is 0.126 e. The first kappa shape index (κ1) is 13.7. The number of nitrogens with zero attached hydrogens (tertiary/aromatic N) is 2. The summed E-state index contributed by atoms with van der Waals surface area (Å²) >= 11 is 0. The maximum atomic E-state index is 13.5. The summed E-state index contributed by atoms with van der Waals surface area (Å²) in [4.78, 5) is 0. The van der Waals surface area contributed by atoms with E-state index >= 15 is 0 Å². The van der Waals surface area contributed by atoms with Gasteiger partial charge < -0.3 is 0 Å². The van der Waals surface area contributed by atoms with Gasteiger partial charge in [-0.1, -0.05) is 24.3 Å². The topological polar surface area (TPSA) is 47.6 Å². The maximum absolute atomic E-state index is 13.5. The highest BCUT2D eigenvalue weighted by molar-refractivity contribution is 6.00. The molecular formula is C18H8F2N2. The molecule has 0 saturated heterocycles. The van der Waals surface area contributed by atoms with Crippen LogP contribution in [-0.2, 0) is 0 Å². The fourth-order valence-corrected chi connectivity index (χ4v) is 2.55. The highest BCUT2D eigenvalue weighted by Crippen LogP contribution is 2.34. The predicted octanol–water partition coefficient (Wildman–Crippen LogP) is 4.53. The standard InChI is InChI=1S/C18H8F2N2/c19-14-6-12(7-15(20)8-14)18-16-4-2-1-3-11(16)5-13(9-21)17(18)10-22/h1-8H. The summed E-state index contributed by atoms with van der Waals surface area (Å²) in [5, 5.41) is 20.0. The molecule has 2 nitrogen and oxygen atoms in total. The summed E-state index contributed by atoms with van der Waals surface area (Å²) < 4.78 is 27.1. The minimum atomic E-state index is -0.731. The average Bonchev–Trinajstić information content (AvgIpc) is 2.51. The van der Waals surface area contributed by atoms with E-state index in [0.717, 1.165) is 23.6 Å². The van der Waals surface area contributed by atoms with Gasteiger partial charge in [0.15, 0.2) is 0 Å². The van der Waals surface area contributed by atoms with Crippen molar-refractivity contribution in [1.29, 1.82) is 10.5 Å². The fraction of sp³-hybridized carbons (Fsp3) is 0. The lowest BCUT2D eigenvalue weighted by Crippen LogP contribution is -1.94. The van der Waals surface area contributed by atoms with Crippen LogP contribution >= 0.6 is 0 Å². The fourth-order valence-electron chi connectivity index (χ4n) is 2.55. The molecule has 0 aliphatic carbocycles. The second kappa shape index (κ2) is 5.27. The van der Waals surface area contributed by atoms with Crippen LogP contribution < -0.4 is 0 Å². The Bertz CT molecular complexity index is 959. The van der Waals surface area contributed by atoms with E-state index in [9.17, 15) is 19.3 Å². The predicted molar refractivity (Wildman–Crippen MR) is 78.7 cm³/mol. The minimum Gasteiger partial charge on any atom is -0.207 e. The molecule has 0 heterocycles. The molecular weight excluding hydrogens is 282 g/mol. The molecule has 0 amide bonds. The third kappa shape index (κ3) is 2.17. The van der Waals surface area contributed by atoms with Gasteiger partial charge >= 0.3 is 0 Å². The zero-order valence-electron chi connectivity index (χ0n) is 11.3. The number of hydrogen-bond acceptors (Lipinski definition) is 2. The second-order valence-electron chi connectivity index (χ2n) is 4.78. The molecule has 0 fully saturated rings. The van der Waals surface area contributed by atoms with Crippen molar-refractivity contribution >= 4 is 10.8 Å². The van der Waals surface area contributed by atoms with Crippen molar-refractivity contribution in [2.75, 3.05) is 0 Å². The van der Waals surface area contributed by atoms with Gasteiger partial charge in [0.05, 0.1) is 11.1 Å². The molecule has 104 valence electrons. The number of fused-ring (bicyclic) bond motifs is 1. The molecule has 0 aliphatic rings. The third-order valence-electron chi connectivity index (χ3n) is 3.43. The van der Waals surface area contributed by atoms with Crippen LogP contribution in [0.15, 0.2) is 48.5 Å². The normalized spacial score (nSPS) is 10.2. The van der Waals surface area contributed by atoms with Gasteiger partial charge in [-0.15, -0.1) is 0 Å². The molecule has 0 aliphatic heterocycles. The minimum absolute atomic E-state index is 0.117. The molecule has 3 aromatic rings. The van der Waals surface area contributed by atoms with E-state index in [1.54, 1.807) is 30.3 Å². The van der Waals surface area contributed by atoms with E-state index in [-0.39, 0.29) is 16.7 Å². The molecule has 0 aromatic heterocycles. The van der Waals surface area contributed by atoms with Crippen molar-refractivity contribution in [3.63, 3.8) is 0 Å². The zero-order valence-corrected chi connectivity index (χ0v) is 11.3. The summed E-state index contributed by atoms with van der Waals surface area (Å²) in [6.07, 6.45) is 0. The van der Waals surface area contributed by atoms with Crippen molar-refractivity contribution in [3.8, 4) is 23.3 Å². The summed E-state index contributed by atoms with van der Waals surface area (Å²) in [5.41, 5.74) is 0.907. The Morgan fingerprint density at radius 2 is 1.50 bits per heavy atom. The molecule has 22 heavy (non-hydrogen) atoms. The van der Waals surface area contributed by atoms with Gasteiger partial charge in [-0.2, -0.15) is 10.5 Å². The van der Waals surface area contributed by atoms with E-state index in [1.165, 1.54) is 0 Å². The first-order valence-corrected chi connectivity index (χ1v) is 6.46. The Labute approximate surface area is 125 Å². The quantitative estimate of drug-likeness (QED) is 0.661. The van der Waals surface area contributed by atoms with Crippen LogP contribution in [0.1, 0.15) is 11.1 Å². The highest BCUT2D eigenvalue weighted by Gasteiger charge is 2.16. The van der Waals surface area contributed by atoms with Crippen molar-refractivity contribution < 1.29 is 8.78 Å². The summed E-state index contributed by atoms with van der Waals surface area (Å²) in [6, 6.07) is 15.8. The van der Waals surface area contributed by atoms with Crippen LogP contribution in [-0.4, -0.2) is 0 Å². The summed E-state index contributed by atoms with van der Waals surface area (Å²) in [5.74, 6) is -1.46. The highest BCUT2D eigenvalue weighted by atomic mass is 19.1. The van der Waals surface area contributed by atoms with E-state index in [0.29, 0.717) is 10.9 Å². The lowest BCUT2D eigenvalue weighted by atomic mass is 9.90. The Kier molecular flexibility index (Phi) is 3.29. The molecule has 0 unspecified atom stereocenters. The number of halogens is 2. The number of hydrogen-bond donors (Lipinski definition) is 0. The molecule has 3 aromatic carbocycles.